The molecule has 0 bridgehead atoms. The van der Waals surface area contributed by atoms with Crippen LogP contribution in [0.3, 0.4) is 0 Å². The van der Waals surface area contributed by atoms with Crippen molar-refractivity contribution >= 4 is 5.97 Å². The van der Waals surface area contributed by atoms with Crippen LogP contribution in [-0.4, -0.2) is 11.1 Å². The number of rotatable bonds is 2. The smallest absolute Gasteiger partial charge is 0.335 e. The molecular formula is C12H12O2. The van der Waals surface area contributed by atoms with Gasteiger partial charge in [-0.2, -0.15) is 0 Å². The van der Waals surface area contributed by atoms with Crippen LogP contribution in [0.15, 0.2) is 18.2 Å². The van der Waals surface area contributed by atoms with E-state index in [1.54, 1.807) is 12.1 Å². The first-order chi connectivity index (χ1) is 6.56. The number of carbonyl (C=O) groups is 1. The normalized spacial score (nSPS) is 9.86. The van der Waals surface area contributed by atoms with Crippen LogP contribution in [0.1, 0.15) is 41.3 Å². The molecule has 0 amide bonds. The number of carboxylic acids is 1. The number of hydrogen-bond donors (Lipinski definition) is 1. The molecule has 0 heterocycles. The average molecular weight is 188 g/mol. The lowest BCUT2D eigenvalue weighted by Gasteiger charge is -2.08. The third-order valence-corrected chi connectivity index (χ3v) is 2.08. The Morgan fingerprint density at radius 3 is 2.57 bits per heavy atom. The summed E-state index contributed by atoms with van der Waals surface area (Å²) in [4.78, 5) is 10.7. The molecule has 1 aromatic rings. The van der Waals surface area contributed by atoms with Gasteiger partial charge in [0.05, 0.1) is 5.56 Å². The minimum absolute atomic E-state index is 0.238. The van der Waals surface area contributed by atoms with Gasteiger partial charge in [0.15, 0.2) is 0 Å². The fourth-order valence-corrected chi connectivity index (χ4v) is 1.32. The monoisotopic (exact) mass is 188 g/mol. The van der Waals surface area contributed by atoms with E-state index in [-0.39, 0.29) is 5.56 Å². The molecule has 0 spiro atoms. The molecule has 1 rings (SSSR count). The predicted molar refractivity (Wildman–Crippen MR) is 55.4 cm³/mol. The third-order valence-electron chi connectivity index (χ3n) is 2.08. The molecule has 0 fully saturated rings. The van der Waals surface area contributed by atoms with Crippen LogP contribution in [0.5, 0.6) is 0 Å². The van der Waals surface area contributed by atoms with Crippen molar-refractivity contribution in [1.29, 1.82) is 0 Å². The zero-order valence-corrected chi connectivity index (χ0v) is 8.24. The second kappa shape index (κ2) is 3.97. The molecule has 0 aliphatic heterocycles. The first-order valence-corrected chi connectivity index (χ1v) is 4.40. The van der Waals surface area contributed by atoms with Crippen LogP contribution in [0.2, 0.25) is 0 Å². The SMILES string of the molecule is C#Cc1cc(C(=O)O)ccc1C(C)C. The summed E-state index contributed by atoms with van der Waals surface area (Å²) in [7, 11) is 0. The largest absolute Gasteiger partial charge is 0.478 e. The molecule has 1 N–H and O–H groups in total. The molecule has 0 unspecified atom stereocenters. The maximum atomic E-state index is 10.7. The highest BCUT2D eigenvalue weighted by atomic mass is 16.4. The Bertz CT molecular complexity index is 397. The lowest BCUT2D eigenvalue weighted by Crippen LogP contribution is -2.00. The van der Waals surface area contributed by atoms with Crippen molar-refractivity contribution < 1.29 is 9.90 Å². The third kappa shape index (κ3) is 1.94. The molecule has 72 valence electrons. The minimum atomic E-state index is -0.947. The highest BCUT2D eigenvalue weighted by Gasteiger charge is 2.08. The summed E-state index contributed by atoms with van der Waals surface area (Å²) >= 11 is 0. The highest BCUT2D eigenvalue weighted by molar-refractivity contribution is 5.88. The summed E-state index contributed by atoms with van der Waals surface area (Å²) in [5.74, 6) is 1.87. The van der Waals surface area contributed by atoms with Crippen molar-refractivity contribution in [2.45, 2.75) is 19.8 Å². The topological polar surface area (TPSA) is 37.3 Å². The van der Waals surface area contributed by atoms with E-state index >= 15 is 0 Å². The maximum Gasteiger partial charge on any atom is 0.335 e. The molecule has 0 radical (unpaired) electrons. The van der Waals surface area contributed by atoms with Crippen molar-refractivity contribution in [3.63, 3.8) is 0 Å². The van der Waals surface area contributed by atoms with Gasteiger partial charge < -0.3 is 5.11 Å². The van der Waals surface area contributed by atoms with Crippen LogP contribution < -0.4 is 0 Å². The summed E-state index contributed by atoms with van der Waals surface area (Å²) in [6.45, 7) is 4.05. The molecule has 0 aliphatic carbocycles. The Balaban J connectivity index is 3.27. The molecular weight excluding hydrogens is 176 g/mol. The van der Waals surface area contributed by atoms with Gasteiger partial charge in [0.1, 0.15) is 0 Å². The Hall–Kier alpha value is -1.75. The Kier molecular flexibility index (Phi) is 2.93. The number of benzene rings is 1. The van der Waals surface area contributed by atoms with Gasteiger partial charge in [0.25, 0.3) is 0 Å². The summed E-state index contributed by atoms with van der Waals surface area (Å²) in [6, 6.07) is 4.90. The molecule has 14 heavy (non-hydrogen) atoms. The minimum Gasteiger partial charge on any atom is -0.478 e. The molecule has 0 saturated heterocycles. The van der Waals surface area contributed by atoms with Gasteiger partial charge in [-0.05, 0) is 23.6 Å². The van der Waals surface area contributed by atoms with E-state index in [1.165, 1.54) is 6.07 Å². The van der Waals surface area contributed by atoms with Gasteiger partial charge in [0.2, 0.25) is 0 Å². The summed E-state index contributed by atoms with van der Waals surface area (Å²) in [5.41, 5.74) is 1.92. The molecule has 1 aromatic carbocycles. The second-order valence-corrected chi connectivity index (χ2v) is 3.41. The van der Waals surface area contributed by atoms with Gasteiger partial charge in [-0.3, -0.25) is 0 Å². The molecule has 0 aromatic heterocycles. The number of hydrogen-bond acceptors (Lipinski definition) is 1. The van der Waals surface area contributed by atoms with E-state index in [2.05, 4.69) is 5.92 Å². The highest BCUT2D eigenvalue weighted by Crippen LogP contribution is 2.20. The van der Waals surface area contributed by atoms with E-state index in [9.17, 15) is 4.79 Å². The van der Waals surface area contributed by atoms with Crippen LogP contribution in [0, 0.1) is 12.3 Å². The van der Waals surface area contributed by atoms with Gasteiger partial charge in [-0.15, -0.1) is 6.42 Å². The molecule has 2 heteroatoms. The summed E-state index contributed by atoms with van der Waals surface area (Å²) < 4.78 is 0. The van der Waals surface area contributed by atoms with E-state index in [0.717, 1.165) is 5.56 Å². The van der Waals surface area contributed by atoms with Crippen molar-refractivity contribution in [3.05, 3.63) is 34.9 Å². The zero-order valence-electron chi connectivity index (χ0n) is 8.24. The molecule has 0 atom stereocenters. The molecule has 0 aliphatic rings. The van der Waals surface area contributed by atoms with Crippen LogP contribution in [0.25, 0.3) is 0 Å². The van der Waals surface area contributed by atoms with Crippen LogP contribution in [0.4, 0.5) is 0 Å². The predicted octanol–water partition coefficient (Wildman–Crippen LogP) is 2.49. The quantitative estimate of drug-likeness (QED) is 0.724. The van der Waals surface area contributed by atoms with E-state index in [1.807, 2.05) is 13.8 Å². The van der Waals surface area contributed by atoms with Gasteiger partial charge in [-0.1, -0.05) is 25.8 Å². The molecule has 2 nitrogen and oxygen atoms in total. The number of aromatic carboxylic acids is 1. The van der Waals surface area contributed by atoms with Crippen molar-refractivity contribution in [1.82, 2.24) is 0 Å². The maximum absolute atomic E-state index is 10.7. The van der Waals surface area contributed by atoms with Crippen molar-refractivity contribution in [2.24, 2.45) is 0 Å². The first kappa shape index (κ1) is 10.3. The average Bonchev–Trinajstić information content (AvgIpc) is 2.16. The lowest BCUT2D eigenvalue weighted by atomic mass is 9.96. The Labute approximate surface area is 83.6 Å². The summed E-state index contributed by atoms with van der Waals surface area (Å²) in [5, 5.41) is 8.77. The molecule has 0 saturated carbocycles. The summed E-state index contributed by atoms with van der Waals surface area (Å²) in [6.07, 6.45) is 5.31. The second-order valence-electron chi connectivity index (χ2n) is 3.41. The Morgan fingerprint density at radius 2 is 2.14 bits per heavy atom. The first-order valence-electron chi connectivity index (χ1n) is 4.40. The van der Waals surface area contributed by atoms with Crippen LogP contribution in [-0.2, 0) is 0 Å². The van der Waals surface area contributed by atoms with Gasteiger partial charge in [-0.25, -0.2) is 4.79 Å². The fraction of sp³-hybridized carbons (Fsp3) is 0.250. The number of carboxylic acid groups (broad SMARTS) is 1. The van der Waals surface area contributed by atoms with Gasteiger partial charge >= 0.3 is 5.97 Å². The standard InChI is InChI=1S/C12H12O2/c1-4-9-7-10(12(13)14)5-6-11(9)8(2)3/h1,5-8H,2-3H3,(H,13,14). The van der Waals surface area contributed by atoms with Crippen molar-refractivity contribution in [2.75, 3.05) is 0 Å². The van der Waals surface area contributed by atoms with Crippen LogP contribution >= 0.6 is 0 Å². The van der Waals surface area contributed by atoms with E-state index in [0.29, 0.717) is 11.5 Å². The zero-order chi connectivity index (χ0) is 10.7. The van der Waals surface area contributed by atoms with E-state index in [4.69, 9.17) is 11.5 Å². The van der Waals surface area contributed by atoms with E-state index < -0.39 is 5.97 Å². The number of terminal acetylenes is 1. The van der Waals surface area contributed by atoms with Crippen molar-refractivity contribution in [3.8, 4) is 12.3 Å². The fourth-order valence-electron chi connectivity index (χ4n) is 1.32. The van der Waals surface area contributed by atoms with Gasteiger partial charge in [0, 0.05) is 5.56 Å². The lowest BCUT2D eigenvalue weighted by molar-refractivity contribution is 0.0697. The Morgan fingerprint density at radius 1 is 1.50 bits per heavy atom.